The Morgan fingerprint density at radius 3 is 2.46 bits per heavy atom. The van der Waals surface area contributed by atoms with E-state index in [1.54, 1.807) is 42.5 Å². The first-order valence-corrected chi connectivity index (χ1v) is 9.46. The van der Waals surface area contributed by atoms with Crippen molar-refractivity contribution in [1.29, 1.82) is 0 Å². The summed E-state index contributed by atoms with van der Waals surface area (Å²) in [7, 11) is -3.29. The maximum absolute atomic E-state index is 13.7. The van der Waals surface area contributed by atoms with Gasteiger partial charge in [-0.25, -0.2) is 12.8 Å². The first-order chi connectivity index (χ1) is 11.5. The van der Waals surface area contributed by atoms with E-state index in [-0.39, 0.29) is 31.2 Å². The molecule has 1 aliphatic rings. The van der Waals surface area contributed by atoms with Gasteiger partial charge >= 0.3 is 0 Å². The molecule has 0 aliphatic carbocycles. The molecule has 24 heavy (non-hydrogen) atoms. The van der Waals surface area contributed by atoms with Crippen LogP contribution >= 0.6 is 0 Å². The molecular weight excluding hydrogens is 329 g/mol. The van der Waals surface area contributed by atoms with Gasteiger partial charge in [0.05, 0.1) is 12.2 Å². The number of nitrogens with zero attached hydrogens (tertiary/aromatic N) is 1. The number of carbonyl (C=O) groups excluding carboxylic acids is 1. The summed E-state index contributed by atoms with van der Waals surface area (Å²) in [6.07, 6.45) is -0.0613. The van der Waals surface area contributed by atoms with Crippen LogP contribution in [0.4, 0.5) is 4.39 Å². The van der Waals surface area contributed by atoms with Gasteiger partial charge in [0, 0.05) is 13.1 Å². The highest BCUT2D eigenvalue weighted by Gasteiger charge is 2.35. The summed E-state index contributed by atoms with van der Waals surface area (Å²) in [6, 6.07) is 15.0. The number of hydrogen-bond donors (Lipinski definition) is 0. The molecule has 126 valence electrons. The van der Waals surface area contributed by atoms with Gasteiger partial charge in [0.15, 0.2) is 9.84 Å². The Hall–Kier alpha value is -2.21. The van der Waals surface area contributed by atoms with E-state index < -0.39 is 20.9 Å². The molecule has 2 aromatic rings. The van der Waals surface area contributed by atoms with Crippen molar-refractivity contribution >= 4 is 15.7 Å². The zero-order valence-corrected chi connectivity index (χ0v) is 13.9. The van der Waals surface area contributed by atoms with Crippen LogP contribution in [0.25, 0.3) is 0 Å². The maximum atomic E-state index is 13.7. The summed E-state index contributed by atoms with van der Waals surface area (Å²) in [4.78, 5) is 14.0. The van der Waals surface area contributed by atoms with E-state index in [9.17, 15) is 17.6 Å². The second kappa shape index (κ2) is 6.73. The Balaban J connectivity index is 1.78. The Morgan fingerprint density at radius 1 is 1.08 bits per heavy atom. The first kappa shape index (κ1) is 16.6. The van der Waals surface area contributed by atoms with E-state index in [0.717, 1.165) is 0 Å². The molecule has 0 bridgehead atoms. The highest BCUT2D eigenvalue weighted by Crippen LogP contribution is 2.28. The smallest absolute Gasteiger partial charge is 0.227 e. The number of benzene rings is 2. The van der Waals surface area contributed by atoms with E-state index in [4.69, 9.17) is 0 Å². The third-order valence-electron chi connectivity index (χ3n) is 4.29. The van der Waals surface area contributed by atoms with Gasteiger partial charge in [0.1, 0.15) is 11.1 Å². The SMILES string of the molecule is O=C(Cc1ccccc1F)N1CCS(=O)(=O)C(c2ccccc2)C1. The van der Waals surface area contributed by atoms with Gasteiger partial charge in [-0.15, -0.1) is 0 Å². The van der Waals surface area contributed by atoms with Gasteiger partial charge < -0.3 is 4.90 Å². The number of sulfone groups is 1. The van der Waals surface area contributed by atoms with Crippen LogP contribution in [0.5, 0.6) is 0 Å². The van der Waals surface area contributed by atoms with E-state index >= 15 is 0 Å². The second-order valence-electron chi connectivity index (χ2n) is 5.87. The van der Waals surface area contributed by atoms with E-state index in [1.807, 2.05) is 6.07 Å². The Bertz CT molecular complexity index is 836. The van der Waals surface area contributed by atoms with Crippen molar-refractivity contribution in [3.63, 3.8) is 0 Å². The Labute approximate surface area is 140 Å². The molecule has 4 nitrogen and oxygen atoms in total. The summed E-state index contributed by atoms with van der Waals surface area (Å²) < 4.78 is 38.4. The monoisotopic (exact) mass is 347 g/mol. The van der Waals surface area contributed by atoms with Crippen LogP contribution in [0.2, 0.25) is 0 Å². The van der Waals surface area contributed by atoms with Gasteiger partial charge in [0.25, 0.3) is 0 Å². The lowest BCUT2D eigenvalue weighted by atomic mass is 10.1. The molecule has 3 rings (SSSR count). The average molecular weight is 347 g/mol. The minimum Gasteiger partial charge on any atom is -0.340 e. The summed E-state index contributed by atoms with van der Waals surface area (Å²) >= 11 is 0. The Morgan fingerprint density at radius 2 is 1.75 bits per heavy atom. The summed E-state index contributed by atoms with van der Waals surface area (Å²) in [5, 5.41) is -0.725. The zero-order valence-electron chi connectivity index (χ0n) is 13.1. The number of halogens is 1. The largest absolute Gasteiger partial charge is 0.340 e. The predicted molar refractivity (Wildman–Crippen MR) is 89.7 cm³/mol. The fourth-order valence-electron chi connectivity index (χ4n) is 2.91. The lowest BCUT2D eigenvalue weighted by Crippen LogP contribution is -2.46. The van der Waals surface area contributed by atoms with Crippen LogP contribution in [0.15, 0.2) is 54.6 Å². The van der Waals surface area contributed by atoms with Crippen LogP contribution in [0, 0.1) is 5.82 Å². The maximum Gasteiger partial charge on any atom is 0.227 e. The molecule has 0 N–H and O–H groups in total. The molecule has 2 aromatic carbocycles. The van der Waals surface area contributed by atoms with Crippen molar-refractivity contribution in [2.45, 2.75) is 11.7 Å². The van der Waals surface area contributed by atoms with Crippen LogP contribution in [-0.2, 0) is 21.1 Å². The lowest BCUT2D eigenvalue weighted by molar-refractivity contribution is -0.130. The highest BCUT2D eigenvalue weighted by molar-refractivity contribution is 7.91. The number of amides is 1. The van der Waals surface area contributed by atoms with Gasteiger partial charge in [0.2, 0.25) is 5.91 Å². The number of carbonyl (C=O) groups is 1. The molecule has 1 aliphatic heterocycles. The molecule has 1 unspecified atom stereocenters. The van der Waals surface area contributed by atoms with E-state index in [1.165, 1.54) is 11.0 Å². The minimum atomic E-state index is -3.29. The predicted octanol–water partition coefficient (Wildman–Crippen LogP) is 2.37. The normalized spacial score (nSPS) is 19.9. The van der Waals surface area contributed by atoms with Crippen molar-refractivity contribution in [3.8, 4) is 0 Å². The number of rotatable bonds is 3. The van der Waals surface area contributed by atoms with E-state index in [2.05, 4.69) is 0 Å². The fourth-order valence-corrected chi connectivity index (χ4v) is 4.65. The van der Waals surface area contributed by atoms with Crippen LogP contribution in [-0.4, -0.2) is 38.1 Å². The molecule has 0 saturated carbocycles. The Kier molecular flexibility index (Phi) is 4.66. The topological polar surface area (TPSA) is 54.5 Å². The third-order valence-corrected chi connectivity index (χ3v) is 6.33. The average Bonchev–Trinajstić information content (AvgIpc) is 2.57. The molecular formula is C18H18FNO3S. The number of hydrogen-bond acceptors (Lipinski definition) is 3. The van der Waals surface area contributed by atoms with Crippen molar-refractivity contribution < 1.29 is 17.6 Å². The molecule has 6 heteroatoms. The molecule has 0 radical (unpaired) electrons. The minimum absolute atomic E-state index is 0.0613. The second-order valence-corrected chi connectivity index (χ2v) is 8.18. The first-order valence-electron chi connectivity index (χ1n) is 7.75. The molecule has 1 saturated heterocycles. The van der Waals surface area contributed by atoms with Crippen LogP contribution in [0.1, 0.15) is 16.4 Å². The summed E-state index contributed by atoms with van der Waals surface area (Å²) in [5.74, 6) is -0.749. The fraction of sp³-hybridized carbons (Fsp3) is 0.278. The summed E-state index contributed by atoms with van der Waals surface area (Å²) in [6.45, 7) is 0.262. The van der Waals surface area contributed by atoms with Gasteiger partial charge in [-0.05, 0) is 17.2 Å². The molecule has 1 heterocycles. The van der Waals surface area contributed by atoms with Crippen molar-refractivity contribution in [2.24, 2.45) is 0 Å². The van der Waals surface area contributed by atoms with Gasteiger partial charge in [-0.2, -0.15) is 0 Å². The molecule has 1 amide bonds. The highest BCUT2D eigenvalue weighted by atomic mass is 32.2. The van der Waals surface area contributed by atoms with Crippen LogP contribution in [0.3, 0.4) is 0 Å². The van der Waals surface area contributed by atoms with Crippen LogP contribution < -0.4 is 0 Å². The van der Waals surface area contributed by atoms with Gasteiger partial charge in [-0.1, -0.05) is 48.5 Å². The quantitative estimate of drug-likeness (QED) is 0.856. The standard InChI is InChI=1S/C18H18FNO3S/c19-16-9-5-4-8-15(16)12-18(21)20-10-11-24(22,23)17(13-20)14-6-2-1-3-7-14/h1-9,17H,10-13H2. The summed E-state index contributed by atoms with van der Waals surface area (Å²) in [5.41, 5.74) is 1.01. The molecule has 0 aromatic heterocycles. The molecule has 1 atom stereocenters. The van der Waals surface area contributed by atoms with Crippen molar-refractivity contribution in [1.82, 2.24) is 4.90 Å². The van der Waals surface area contributed by atoms with Crippen molar-refractivity contribution in [3.05, 3.63) is 71.5 Å². The lowest BCUT2D eigenvalue weighted by Gasteiger charge is -2.33. The zero-order chi connectivity index (χ0) is 17.2. The van der Waals surface area contributed by atoms with Gasteiger partial charge in [-0.3, -0.25) is 4.79 Å². The third kappa shape index (κ3) is 3.48. The van der Waals surface area contributed by atoms with E-state index in [0.29, 0.717) is 11.1 Å². The van der Waals surface area contributed by atoms with Crippen molar-refractivity contribution in [2.75, 3.05) is 18.8 Å². The molecule has 0 spiro atoms. The molecule has 1 fully saturated rings.